The van der Waals surface area contributed by atoms with Gasteiger partial charge in [0.15, 0.2) is 5.96 Å². The van der Waals surface area contributed by atoms with Crippen molar-refractivity contribution in [3.8, 4) is 0 Å². The number of carbonyl (C=O) groups is 1. The molecule has 0 atom stereocenters. The van der Waals surface area contributed by atoms with Crippen LogP contribution in [-0.4, -0.2) is 73.5 Å². The molecule has 0 aromatic carbocycles. The molecule has 0 spiro atoms. The predicted octanol–water partition coefficient (Wildman–Crippen LogP) is 1.92. The molecule has 6 nitrogen and oxygen atoms in total. The van der Waals surface area contributed by atoms with E-state index in [1.807, 2.05) is 32.7 Å². The highest BCUT2D eigenvalue weighted by Gasteiger charge is 2.19. The molecule has 0 unspecified atom stereocenters. The molecule has 0 aromatic heterocycles. The zero-order chi connectivity index (χ0) is 18.9. The first-order valence-electron chi connectivity index (χ1n) is 9.78. The molecule has 1 saturated heterocycles. The number of aliphatic imine (C=N–C) groups is 1. The summed E-state index contributed by atoms with van der Waals surface area (Å²) >= 11 is 0. The molecular weight excluding hydrogens is 314 g/mol. The van der Waals surface area contributed by atoms with Crippen LogP contribution in [0.4, 0.5) is 0 Å². The Morgan fingerprint density at radius 2 is 1.88 bits per heavy atom. The van der Waals surface area contributed by atoms with Gasteiger partial charge in [-0.25, -0.2) is 0 Å². The van der Waals surface area contributed by atoms with Crippen molar-refractivity contribution in [3.05, 3.63) is 0 Å². The lowest BCUT2D eigenvalue weighted by Crippen LogP contribution is -2.48. The molecule has 2 N–H and O–H groups in total. The van der Waals surface area contributed by atoms with Crippen LogP contribution in [0.1, 0.15) is 53.9 Å². The predicted molar refractivity (Wildman–Crippen MR) is 106 cm³/mol. The van der Waals surface area contributed by atoms with Gasteiger partial charge in [-0.1, -0.05) is 6.92 Å². The van der Waals surface area contributed by atoms with Gasteiger partial charge >= 0.3 is 0 Å². The lowest BCUT2D eigenvalue weighted by Gasteiger charge is -2.30. The van der Waals surface area contributed by atoms with E-state index in [2.05, 4.69) is 29.4 Å². The molecule has 1 amide bonds. The summed E-state index contributed by atoms with van der Waals surface area (Å²) in [5.74, 6) is 1.62. The Morgan fingerprint density at radius 1 is 1.24 bits per heavy atom. The quantitative estimate of drug-likeness (QED) is 0.542. The van der Waals surface area contributed by atoms with Crippen molar-refractivity contribution in [2.45, 2.75) is 59.4 Å². The van der Waals surface area contributed by atoms with E-state index < -0.39 is 0 Å². The maximum Gasteiger partial charge on any atom is 0.240 e. The highest BCUT2D eigenvalue weighted by Crippen LogP contribution is 2.20. The number of hydrogen-bond donors (Lipinski definition) is 2. The van der Waals surface area contributed by atoms with E-state index >= 15 is 0 Å². The van der Waals surface area contributed by atoms with Gasteiger partial charge in [0.25, 0.3) is 0 Å². The van der Waals surface area contributed by atoms with Crippen LogP contribution in [0.15, 0.2) is 4.99 Å². The molecule has 0 bridgehead atoms. The number of piperidine rings is 1. The van der Waals surface area contributed by atoms with Gasteiger partial charge in [-0.15, -0.1) is 0 Å². The summed E-state index contributed by atoms with van der Waals surface area (Å²) in [7, 11) is 1.92. The van der Waals surface area contributed by atoms with E-state index in [-0.39, 0.29) is 11.4 Å². The fourth-order valence-electron chi connectivity index (χ4n) is 3.16. The maximum atomic E-state index is 12.1. The number of amides is 1. The summed E-state index contributed by atoms with van der Waals surface area (Å²) in [6.45, 7) is 15.8. The van der Waals surface area contributed by atoms with Gasteiger partial charge in [-0.2, -0.15) is 0 Å². The number of hydrogen-bond acceptors (Lipinski definition) is 3. The van der Waals surface area contributed by atoms with Crippen LogP contribution in [0.25, 0.3) is 0 Å². The molecule has 25 heavy (non-hydrogen) atoms. The second-order valence-corrected chi connectivity index (χ2v) is 8.06. The number of nitrogens with zero attached hydrogens (tertiary/aromatic N) is 3. The largest absolute Gasteiger partial charge is 0.357 e. The van der Waals surface area contributed by atoms with Gasteiger partial charge in [0.1, 0.15) is 0 Å². The van der Waals surface area contributed by atoms with Gasteiger partial charge in [-0.3, -0.25) is 9.79 Å². The number of carbonyl (C=O) groups excluding carboxylic acids is 1. The molecule has 0 radical (unpaired) electrons. The van der Waals surface area contributed by atoms with Crippen molar-refractivity contribution in [1.29, 1.82) is 0 Å². The Kier molecular flexibility index (Phi) is 9.25. The third kappa shape index (κ3) is 9.10. The topological polar surface area (TPSA) is 60.0 Å². The monoisotopic (exact) mass is 353 g/mol. The summed E-state index contributed by atoms with van der Waals surface area (Å²) in [5.41, 5.74) is -0.208. The molecule has 1 aliphatic rings. The lowest BCUT2D eigenvalue weighted by molar-refractivity contribution is -0.122. The average molecular weight is 354 g/mol. The van der Waals surface area contributed by atoms with Crippen LogP contribution in [0, 0.1) is 5.92 Å². The summed E-state index contributed by atoms with van der Waals surface area (Å²) in [6, 6.07) is 0. The Hall–Kier alpha value is -1.30. The van der Waals surface area contributed by atoms with Gasteiger partial charge in [0.2, 0.25) is 5.91 Å². The third-order valence-electron chi connectivity index (χ3n) is 4.54. The molecule has 1 rings (SSSR count). The number of guanidine groups is 1. The van der Waals surface area contributed by atoms with Crippen LogP contribution >= 0.6 is 0 Å². The minimum atomic E-state index is -0.208. The van der Waals surface area contributed by atoms with E-state index in [0.717, 1.165) is 37.9 Å². The van der Waals surface area contributed by atoms with Gasteiger partial charge in [0.05, 0.1) is 6.54 Å². The van der Waals surface area contributed by atoms with E-state index in [9.17, 15) is 4.79 Å². The zero-order valence-electron chi connectivity index (χ0n) is 17.2. The van der Waals surface area contributed by atoms with E-state index in [0.29, 0.717) is 6.54 Å². The van der Waals surface area contributed by atoms with Crippen molar-refractivity contribution in [3.63, 3.8) is 0 Å². The Balaban J connectivity index is 2.46. The van der Waals surface area contributed by atoms with Gasteiger partial charge in [0, 0.05) is 25.7 Å². The second-order valence-electron chi connectivity index (χ2n) is 8.06. The molecular formula is C19H39N5O. The molecule has 1 heterocycles. The summed E-state index contributed by atoms with van der Waals surface area (Å²) < 4.78 is 0. The molecule has 6 heteroatoms. The molecule has 146 valence electrons. The van der Waals surface area contributed by atoms with Crippen molar-refractivity contribution in [2.75, 3.05) is 46.3 Å². The first-order valence-corrected chi connectivity index (χ1v) is 9.78. The minimum absolute atomic E-state index is 0.0209. The molecule has 0 aromatic rings. The minimum Gasteiger partial charge on any atom is -0.357 e. The van der Waals surface area contributed by atoms with Crippen LogP contribution in [0.3, 0.4) is 0 Å². The highest BCUT2D eigenvalue weighted by atomic mass is 16.2. The van der Waals surface area contributed by atoms with Crippen LogP contribution in [-0.2, 0) is 4.79 Å². The summed E-state index contributed by atoms with van der Waals surface area (Å²) in [6.07, 6.45) is 3.70. The van der Waals surface area contributed by atoms with E-state index in [4.69, 9.17) is 4.99 Å². The summed E-state index contributed by atoms with van der Waals surface area (Å²) in [5, 5.41) is 6.29. The normalized spacial score (nSPS) is 17.4. The van der Waals surface area contributed by atoms with Crippen LogP contribution in [0.2, 0.25) is 0 Å². The lowest BCUT2D eigenvalue weighted by atomic mass is 9.94. The second kappa shape index (κ2) is 10.6. The van der Waals surface area contributed by atoms with Crippen molar-refractivity contribution < 1.29 is 4.79 Å². The van der Waals surface area contributed by atoms with E-state index in [1.165, 1.54) is 25.9 Å². The SMILES string of the molecule is CCNC(=NCCC1CCN(CC)CC1)N(C)CC(=O)NC(C)(C)C. The Bertz CT molecular complexity index is 422. The standard InChI is InChI=1S/C19H39N5O/c1-7-20-18(23(6)15-17(25)22-19(3,4)5)21-12-9-16-10-13-24(8-2)14-11-16/h16H,7-15H2,1-6H3,(H,20,21)(H,22,25). The van der Waals surface area contributed by atoms with Gasteiger partial charge in [-0.05, 0) is 72.5 Å². The molecule has 0 aliphatic carbocycles. The smallest absolute Gasteiger partial charge is 0.240 e. The average Bonchev–Trinajstić information content (AvgIpc) is 2.52. The van der Waals surface area contributed by atoms with E-state index in [1.54, 1.807) is 0 Å². The first kappa shape index (κ1) is 21.7. The number of likely N-dealkylation sites (N-methyl/N-ethyl adjacent to an activating group) is 1. The summed E-state index contributed by atoms with van der Waals surface area (Å²) in [4.78, 5) is 21.3. The fraction of sp³-hybridized carbons (Fsp3) is 0.895. The Morgan fingerprint density at radius 3 is 2.40 bits per heavy atom. The number of rotatable bonds is 7. The molecule has 0 saturated carbocycles. The highest BCUT2D eigenvalue weighted by molar-refractivity contribution is 5.86. The van der Waals surface area contributed by atoms with Crippen molar-refractivity contribution >= 4 is 11.9 Å². The number of nitrogens with one attached hydrogen (secondary N) is 2. The van der Waals surface area contributed by atoms with Crippen molar-refractivity contribution in [1.82, 2.24) is 20.4 Å². The third-order valence-corrected chi connectivity index (χ3v) is 4.54. The van der Waals surface area contributed by atoms with Crippen LogP contribution in [0.5, 0.6) is 0 Å². The molecule has 1 fully saturated rings. The molecule has 1 aliphatic heterocycles. The Labute approximate surface area is 154 Å². The van der Waals surface area contributed by atoms with Crippen molar-refractivity contribution in [2.24, 2.45) is 10.9 Å². The van der Waals surface area contributed by atoms with Crippen LogP contribution < -0.4 is 10.6 Å². The first-order chi connectivity index (χ1) is 11.7. The zero-order valence-corrected chi connectivity index (χ0v) is 17.2. The number of likely N-dealkylation sites (tertiary alicyclic amines) is 1. The van der Waals surface area contributed by atoms with Gasteiger partial charge < -0.3 is 20.4 Å². The maximum absolute atomic E-state index is 12.1. The fourth-order valence-corrected chi connectivity index (χ4v) is 3.16.